The highest BCUT2D eigenvalue weighted by Crippen LogP contribution is 2.20. The predicted molar refractivity (Wildman–Crippen MR) is 36.4 cm³/mol. The second-order valence-electron chi connectivity index (χ2n) is 1.14. The van der Waals surface area contributed by atoms with Gasteiger partial charge in [0.25, 0.3) is 0 Å². The van der Waals surface area contributed by atoms with Crippen LogP contribution in [0.5, 0.6) is 5.88 Å². The minimum absolute atomic E-state index is 0.668. The highest BCUT2D eigenvalue weighted by atomic mass is 79.9. The summed E-state index contributed by atoms with van der Waals surface area (Å²) in [4.78, 5) is 3.94. The van der Waals surface area contributed by atoms with Crippen molar-refractivity contribution in [2.45, 2.75) is 0 Å². The van der Waals surface area contributed by atoms with Crippen molar-refractivity contribution in [1.82, 2.24) is 4.98 Å². The van der Waals surface area contributed by atoms with Gasteiger partial charge in [0.05, 0.1) is 12.5 Å². The summed E-state index contributed by atoms with van der Waals surface area (Å²) in [6, 6.07) is 0. The van der Waals surface area contributed by atoms with Gasteiger partial charge in [-0.05, 0) is 15.9 Å². The largest absolute Gasteiger partial charge is 0.480 e. The molecule has 0 aromatic carbocycles. The Morgan fingerprint density at radius 2 is 2.62 bits per heavy atom. The van der Waals surface area contributed by atoms with E-state index in [2.05, 4.69) is 20.9 Å². The molecule has 0 amide bonds. The van der Waals surface area contributed by atoms with E-state index in [1.54, 1.807) is 7.11 Å². The summed E-state index contributed by atoms with van der Waals surface area (Å²) in [6.07, 6.45) is 0. The van der Waals surface area contributed by atoms with Crippen LogP contribution in [0.3, 0.4) is 0 Å². The van der Waals surface area contributed by atoms with Crippen LogP contribution < -0.4 is 4.74 Å². The SMILES string of the molecule is COc1csc(Br)n1. The molecule has 1 aromatic rings. The Kier molecular flexibility index (Phi) is 1.85. The first-order chi connectivity index (χ1) is 3.83. The van der Waals surface area contributed by atoms with E-state index in [0.717, 1.165) is 3.92 Å². The van der Waals surface area contributed by atoms with Gasteiger partial charge < -0.3 is 4.74 Å². The molecule has 1 aromatic heterocycles. The van der Waals surface area contributed by atoms with E-state index in [-0.39, 0.29) is 0 Å². The Morgan fingerprint density at radius 3 is 2.88 bits per heavy atom. The molecular weight excluding hydrogens is 190 g/mol. The Morgan fingerprint density at radius 1 is 1.88 bits per heavy atom. The summed E-state index contributed by atoms with van der Waals surface area (Å²) in [7, 11) is 1.60. The lowest BCUT2D eigenvalue weighted by Gasteiger charge is -1.85. The first kappa shape index (κ1) is 6.04. The van der Waals surface area contributed by atoms with Crippen molar-refractivity contribution >= 4 is 27.3 Å². The standard InChI is InChI=1S/C4H4BrNOS/c1-7-3-2-8-4(5)6-3/h2H,1H3. The van der Waals surface area contributed by atoms with Gasteiger partial charge in [-0.25, -0.2) is 0 Å². The van der Waals surface area contributed by atoms with Crippen molar-refractivity contribution in [3.63, 3.8) is 0 Å². The van der Waals surface area contributed by atoms with E-state index < -0.39 is 0 Å². The fraction of sp³-hybridized carbons (Fsp3) is 0.250. The van der Waals surface area contributed by atoms with Crippen LogP contribution in [0.1, 0.15) is 0 Å². The molecule has 0 radical (unpaired) electrons. The number of ether oxygens (including phenoxy) is 1. The summed E-state index contributed by atoms with van der Waals surface area (Å²) in [5.41, 5.74) is 0. The maximum absolute atomic E-state index is 4.80. The van der Waals surface area contributed by atoms with Crippen molar-refractivity contribution < 1.29 is 4.74 Å². The van der Waals surface area contributed by atoms with Gasteiger partial charge in [-0.1, -0.05) is 0 Å². The quantitative estimate of drug-likeness (QED) is 0.681. The zero-order chi connectivity index (χ0) is 5.98. The van der Waals surface area contributed by atoms with Crippen LogP contribution in [0, 0.1) is 0 Å². The number of hydrogen-bond donors (Lipinski definition) is 0. The van der Waals surface area contributed by atoms with Gasteiger partial charge in [0.1, 0.15) is 0 Å². The number of nitrogens with zero attached hydrogens (tertiary/aromatic N) is 1. The number of thiazole rings is 1. The molecule has 0 aliphatic rings. The molecule has 0 fully saturated rings. The van der Waals surface area contributed by atoms with Crippen LogP contribution >= 0.6 is 27.3 Å². The maximum atomic E-state index is 4.80. The van der Waals surface area contributed by atoms with Crippen molar-refractivity contribution in [1.29, 1.82) is 0 Å². The Hall–Kier alpha value is -0.0900. The van der Waals surface area contributed by atoms with Crippen molar-refractivity contribution in [3.05, 3.63) is 9.30 Å². The molecule has 0 atom stereocenters. The molecule has 0 bridgehead atoms. The molecule has 4 heteroatoms. The molecule has 2 nitrogen and oxygen atoms in total. The zero-order valence-electron chi connectivity index (χ0n) is 4.22. The van der Waals surface area contributed by atoms with Gasteiger partial charge in [-0.2, -0.15) is 4.98 Å². The monoisotopic (exact) mass is 193 g/mol. The minimum Gasteiger partial charge on any atom is -0.480 e. The topological polar surface area (TPSA) is 22.1 Å². The zero-order valence-corrected chi connectivity index (χ0v) is 6.62. The third-order valence-electron chi connectivity index (χ3n) is 0.664. The van der Waals surface area contributed by atoms with Gasteiger partial charge in [0.2, 0.25) is 5.88 Å². The molecule has 1 rings (SSSR count). The van der Waals surface area contributed by atoms with E-state index in [4.69, 9.17) is 4.74 Å². The molecule has 0 saturated carbocycles. The first-order valence-corrected chi connectivity index (χ1v) is 3.65. The number of halogens is 1. The lowest BCUT2D eigenvalue weighted by atomic mass is 10.9. The third kappa shape index (κ3) is 1.20. The van der Waals surface area contributed by atoms with E-state index in [9.17, 15) is 0 Å². The summed E-state index contributed by atoms with van der Waals surface area (Å²) in [5, 5.41) is 1.84. The molecule has 0 aliphatic carbocycles. The molecule has 44 valence electrons. The Bertz CT molecular complexity index is 176. The molecular formula is C4H4BrNOS. The lowest BCUT2D eigenvalue weighted by Crippen LogP contribution is -1.79. The fourth-order valence-electron chi connectivity index (χ4n) is 0.332. The maximum Gasteiger partial charge on any atom is 0.225 e. The molecule has 1 heterocycles. The molecule has 0 N–H and O–H groups in total. The van der Waals surface area contributed by atoms with Gasteiger partial charge >= 0.3 is 0 Å². The van der Waals surface area contributed by atoms with Crippen LogP contribution in [-0.4, -0.2) is 12.1 Å². The normalized spacial score (nSPS) is 9.25. The Balaban J connectivity index is 2.84. The van der Waals surface area contributed by atoms with Crippen LogP contribution in [0.4, 0.5) is 0 Å². The van der Waals surface area contributed by atoms with E-state index in [1.807, 2.05) is 5.38 Å². The van der Waals surface area contributed by atoms with Gasteiger partial charge in [-0.15, -0.1) is 11.3 Å². The van der Waals surface area contributed by atoms with Gasteiger partial charge in [-0.3, -0.25) is 0 Å². The fourth-order valence-corrected chi connectivity index (χ4v) is 1.28. The number of hydrogen-bond acceptors (Lipinski definition) is 3. The summed E-state index contributed by atoms with van der Waals surface area (Å²) in [6.45, 7) is 0. The van der Waals surface area contributed by atoms with Crippen molar-refractivity contribution in [3.8, 4) is 5.88 Å². The predicted octanol–water partition coefficient (Wildman–Crippen LogP) is 1.91. The third-order valence-corrected chi connectivity index (χ3v) is 2.01. The smallest absolute Gasteiger partial charge is 0.225 e. The van der Waals surface area contributed by atoms with Crippen LogP contribution in [-0.2, 0) is 0 Å². The summed E-state index contributed by atoms with van der Waals surface area (Å²) >= 11 is 4.71. The van der Waals surface area contributed by atoms with E-state index >= 15 is 0 Å². The van der Waals surface area contributed by atoms with Crippen LogP contribution in [0.25, 0.3) is 0 Å². The van der Waals surface area contributed by atoms with Crippen molar-refractivity contribution in [2.75, 3.05) is 7.11 Å². The average Bonchev–Trinajstić information content (AvgIpc) is 2.14. The lowest BCUT2D eigenvalue weighted by molar-refractivity contribution is 0.400. The van der Waals surface area contributed by atoms with Crippen LogP contribution in [0.15, 0.2) is 9.30 Å². The van der Waals surface area contributed by atoms with Gasteiger partial charge in [0, 0.05) is 0 Å². The average molecular weight is 194 g/mol. The molecule has 0 unspecified atom stereocenters. The van der Waals surface area contributed by atoms with E-state index in [1.165, 1.54) is 11.3 Å². The highest BCUT2D eigenvalue weighted by molar-refractivity contribution is 9.11. The second-order valence-corrected chi connectivity index (χ2v) is 3.28. The molecule has 8 heavy (non-hydrogen) atoms. The summed E-state index contributed by atoms with van der Waals surface area (Å²) < 4.78 is 5.66. The summed E-state index contributed by atoms with van der Waals surface area (Å²) in [5.74, 6) is 0.668. The van der Waals surface area contributed by atoms with Gasteiger partial charge in [0.15, 0.2) is 3.92 Å². The molecule has 0 spiro atoms. The highest BCUT2D eigenvalue weighted by Gasteiger charge is 1.94. The number of methoxy groups -OCH3 is 1. The minimum atomic E-state index is 0.668. The number of aromatic nitrogens is 1. The van der Waals surface area contributed by atoms with Crippen molar-refractivity contribution in [2.24, 2.45) is 0 Å². The number of rotatable bonds is 1. The first-order valence-electron chi connectivity index (χ1n) is 1.98. The second kappa shape index (κ2) is 2.46. The molecule has 0 aliphatic heterocycles. The molecule has 0 saturated heterocycles. The Labute approximate surface area is 59.6 Å². The van der Waals surface area contributed by atoms with E-state index in [0.29, 0.717) is 5.88 Å². The van der Waals surface area contributed by atoms with Crippen LogP contribution in [0.2, 0.25) is 0 Å².